The maximum Gasteiger partial charge on any atom is 0.344 e. The number of nitrogens with zero attached hydrogens (tertiary/aromatic N) is 1. The fourth-order valence-electron chi connectivity index (χ4n) is 2.74. The molecule has 1 spiro atoms. The normalized spacial score (nSPS) is 21.6. The quantitative estimate of drug-likeness (QED) is 0.315. The van der Waals surface area contributed by atoms with Crippen molar-refractivity contribution in [3.8, 4) is 0 Å². The molecule has 0 aromatic heterocycles. The van der Waals surface area contributed by atoms with Crippen molar-refractivity contribution in [2.75, 3.05) is 29.6 Å². The monoisotopic (exact) mass is 373 g/mol. The van der Waals surface area contributed by atoms with E-state index in [0.29, 0.717) is 25.2 Å². The number of carbonyl (C=O) groups is 1. The van der Waals surface area contributed by atoms with Gasteiger partial charge >= 0.3 is 5.97 Å². The van der Waals surface area contributed by atoms with Gasteiger partial charge in [0.25, 0.3) is 0 Å². The van der Waals surface area contributed by atoms with Gasteiger partial charge < -0.3 is 14.7 Å². The van der Waals surface area contributed by atoms with Crippen molar-refractivity contribution in [1.82, 2.24) is 0 Å². The van der Waals surface area contributed by atoms with Gasteiger partial charge in [-0.2, -0.15) is 23.5 Å². The Kier molecular flexibility index (Phi) is 7.81. The molecule has 0 amide bonds. The third kappa shape index (κ3) is 5.09. The number of esters is 1. The van der Waals surface area contributed by atoms with E-state index < -0.39 is 11.6 Å². The number of rotatable bonds is 7. The molecule has 0 unspecified atom stereocenters. The number of hydrogen-bond donors (Lipinski definition) is 1. The summed E-state index contributed by atoms with van der Waals surface area (Å²) in [5, 5.41) is 14.6. The molecule has 0 atom stereocenters. The van der Waals surface area contributed by atoms with Crippen LogP contribution in [0.4, 0.5) is 0 Å². The smallest absolute Gasteiger partial charge is 0.344 e. The van der Waals surface area contributed by atoms with Gasteiger partial charge in [0.05, 0.1) is 5.71 Å². The van der Waals surface area contributed by atoms with Crippen molar-refractivity contribution in [3.05, 3.63) is 11.3 Å². The second kappa shape index (κ2) is 9.61. The SMILES string of the molecule is CCCCCON=C(CC)C1=C(O)CC2(CSCCSC2)OC1=O. The minimum atomic E-state index is -0.586. The molecule has 1 fully saturated rings. The van der Waals surface area contributed by atoms with Crippen LogP contribution in [0.1, 0.15) is 46.0 Å². The minimum Gasteiger partial charge on any atom is -0.511 e. The number of hydrogen-bond acceptors (Lipinski definition) is 7. The first kappa shape index (κ1) is 19.5. The maximum absolute atomic E-state index is 12.5. The van der Waals surface area contributed by atoms with Gasteiger partial charge in [-0.1, -0.05) is 31.8 Å². The van der Waals surface area contributed by atoms with Crippen molar-refractivity contribution < 1.29 is 19.5 Å². The predicted octanol–water partition coefficient (Wildman–Crippen LogP) is 3.94. The van der Waals surface area contributed by atoms with Gasteiger partial charge in [0, 0.05) is 29.4 Å². The number of oxime groups is 1. The van der Waals surface area contributed by atoms with E-state index in [1.807, 2.05) is 6.92 Å². The first-order valence-electron chi connectivity index (χ1n) is 8.62. The Labute approximate surface area is 152 Å². The van der Waals surface area contributed by atoms with Crippen LogP contribution >= 0.6 is 23.5 Å². The topological polar surface area (TPSA) is 68.1 Å². The molecule has 1 N–H and O–H groups in total. The molecule has 2 heterocycles. The number of thioether (sulfide) groups is 2. The third-order valence-electron chi connectivity index (χ3n) is 4.03. The summed E-state index contributed by atoms with van der Waals surface area (Å²) in [6.07, 6.45) is 4.01. The molecule has 2 aliphatic heterocycles. The summed E-state index contributed by atoms with van der Waals surface area (Å²) < 4.78 is 5.77. The van der Waals surface area contributed by atoms with E-state index in [-0.39, 0.29) is 11.3 Å². The van der Waals surface area contributed by atoms with E-state index in [0.717, 1.165) is 42.3 Å². The highest BCUT2D eigenvalue weighted by Gasteiger charge is 2.43. The van der Waals surface area contributed by atoms with Gasteiger partial charge in [0.15, 0.2) is 0 Å². The summed E-state index contributed by atoms with van der Waals surface area (Å²) in [5.41, 5.74) is 0.0767. The molecular formula is C17H27NO4S2. The predicted molar refractivity (Wildman–Crippen MR) is 101 cm³/mol. The zero-order valence-electron chi connectivity index (χ0n) is 14.5. The molecule has 2 rings (SSSR count). The van der Waals surface area contributed by atoms with E-state index >= 15 is 0 Å². The van der Waals surface area contributed by atoms with Gasteiger partial charge in [0.2, 0.25) is 0 Å². The Bertz CT molecular complexity index is 497. The van der Waals surface area contributed by atoms with Crippen LogP contribution in [-0.4, -0.2) is 52.0 Å². The first-order valence-corrected chi connectivity index (χ1v) is 10.9. The molecule has 1 saturated heterocycles. The minimum absolute atomic E-state index is 0.0899. The highest BCUT2D eigenvalue weighted by atomic mass is 32.2. The highest BCUT2D eigenvalue weighted by Crippen LogP contribution is 2.37. The maximum atomic E-state index is 12.5. The number of aliphatic hydroxyl groups is 1. The van der Waals surface area contributed by atoms with Crippen LogP contribution in [0.3, 0.4) is 0 Å². The van der Waals surface area contributed by atoms with Crippen LogP contribution in [0, 0.1) is 0 Å². The lowest BCUT2D eigenvalue weighted by atomic mass is 9.94. The summed E-state index contributed by atoms with van der Waals surface area (Å²) >= 11 is 3.55. The van der Waals surface area contributed by atoms with E-state index in [1.165, 1.54) is 0 Å². The Morgan fingerprint density at radius 1 is 1.29 bits per heavy atom. The van der Waals surface area contributed by atoms with Crippen LogP contribution in [0.15, 0.2) is 16.5 Å². The standard InChI is InChI=1S/C17H27NO4S2/c1-3-5-6-7-21-18-13(4-2)15-14(19)10-17(22-16(15)20)11-23-8-9-24-12-17/h19H,3-12H2,1-2H3. The summed E-state index contributed by atoms with van der Waals surface area (Å²) in [6.45, 7) is 4.54. The zero-order valence-corrected chi connectivity index (χ0v) is 16.1. The lowest BCUT2D eigenvalue weighted by molar-refractivity contribution is -0.152. The molecule has 24 heavy (non-hydrogen) atoms. The second-order valence-corrected chi connectivity index (χ2v) is 8.32. The van der Waals surface area contributed by atoms with Gasteiger partial charge in [-0.15, -0.1) is 0 Å². The van der Waals surface area contributed by atoms with Crippen molar-refractivity contribution >= 4 is 35.2 Å². The Hall–Kier alpha value is -0.820. The van der Waals surface area contributed by atoms with Crippen molar-refractivity contribution in [2.24, 2.45) is 5.16 Å². The van der Waals surface area contributed by atoms with Gasteiger partial charge in [-0.25, -0.2) is 4.79 Å². The molecule has 5 nitrogen and oxygen atoms in total. The van der Waals surface area contributed by atoms with E-state index in [1.54, 1.807) is 23.5 Å². The highest BCUT2D eigenvalue weighted by molar-refractivity contribution is 8.03. The van der Waals surface area contributed by atoms with Crippen LogP contribution in [0.25, 0.3) is 0 Å². The zero-order chi connectivity index (χ0) is 17.4. The average Bonchev–Trinajstić information content (AvgIpc) is 2.77. The molecule has 136 valence electrons. The second-order valence-electron chi connectivity index (χ2n) is 6.11. The Morgan fingerprint density at radius 3 is 2.58 bits per heavy atom. The molecule has 0 aliphatic carbocycles. The van der Waals surface area contributed by atoms with Crippen LogP contribution in [0.5, 0.6) is 0 Å². The number of aliphatic hydroxyl groups excluding tert-OH is 1. The van der Waals surface area contributed by atoms with Crippen LogP contribution < -0.4 is 0 Å². The summed E-state index contributed by atoms with van der Waals surface area (Å²) in [4.78, 5) is 17.9. The van der Waals surface area contributed by atoms with E-state index in [9.17, 15) is 9.90 Å². The number of carbonyl (C=O) groups excluding carboxylic acids is 1. The Morgan fingerprint density at radius 2 is 2.00 bits per heavy atom. The molecule has 0 radical (unpaired) electrons. The van der Waals surface area contributed by atoms with Crippen molar-refractivity contribution in [3.63, 3.8) is 0 Å². The van der Waals surface area contributed by atoms with Crippen molar-refractivity contribution in [1.29, 1.82) is 0 Å². The lowest BCUT2D eigenvalue weighted by Gasteiger charge is -2.35. The van der Waals surface area contributed by atoms with E-state index in [2.05, 4.69) is 12.1 Å². The third-order valence-corrected chi connectivity index (χ3v) is 6.74. The van der Waals surface area contributed by atoms with Gasteiger partial charge in [-0.05, 0) is 12.8 Å². The average molecular weight is 374 g/mol. The largest absolute Gasteiger partial charge is 0.511 e. The molecular weight excluding hydrogens is 346 g/mol. The molecule has 0 bridgehead atoms. The van der Waals surface area contributed by atoms with E-state index in [4.69, 9.17) is 9.57 Å². The fraction of sp³-hybridized carbons (Fsp3) is 0.765. The summed E-state index contributed by atoms with van der Waals surface area (Å²) in [5.74, 6) is 3.18. The fourth-order valence-corrected chi connectivity index (χ4v) is 5.37. The number of ether oxygens (including phenoxy) is 1. The van der Waals surface area contributed by atoms with Crippen LogP contribution in [0.2, 0.25) is 0 Å². The van der Waals surface area contributed by atoms with Gasteiger partial charge in [0.1, 0.15) is 23.5 Å². The summed E-state index contributed by atoms with van der Waals surface area (Å²) in [6, 6.07) is 0. The van der Waals surface area contributed by atoms with Gasteiger partial charge in [-0.3, -0.25) is 0 Å². The lowest BCUT2D eigenvalue weighted by Crippen LogP contribution is -2.45. The van der Waals surface area contributed by atoms with Crippen LogP contribution in [-0.2, 0) is 14.4 Å². The molecule has 2 aliphatic rings. The molecule has 0 aromatic rings. The molecule has 0 saturated carbocycles. The summed E-state index contributed by atoms with van der Waals surface area (Å²) in [7, 11) is 0. The molecule has 7 heteroatoms. The number of unbranched alkanes of at least 4 members (excludes halogenated alkanes) is 2. The Balaban J connectivity index is 2.09. The molecule has 0 aromatic carbocycles. The first-order chi connectivity index (χ1) is 11.6. The van der Waals surface area contributed by atoms with Crippen molar-refractivity contribution in [2.45, 2.75) is 51.6 Å².